The summed E-state index contributed by atoms with van der Waals surface area (Å²) in [7, 11) is 0. The van der Waals surface area contributed by atoms with Crippen LogP contribution in [0.3, 0.4) is 0 Å². The standard InChI is InChI=1S/C35H46O.3CH3.Ti/c1-6-8-10-14-22-35(23-15-11-9-7-2)31-17-13-12-16-28(31)29-20-18-26(24-32(29)35)30-25-27(34(3,4)5)19-21-33(30)36;;;;/h12-13,16-21,24-25,36H,6-11,14-15,22-23H2,1-5H3;3*1H3;/q;3*-1;+3. The Bertz CT molecular complexity index is 1160. The summed E-state index contributed by atoms with van der Waals surface area (Å²) in [4.78, 5) is 0. The van der Waals surface area contributed by atoms with Gasteiger partial charge in [0, 0.05) is 11.0 Å². The van der Waals surface area contributed by atoms with Crippen LogP contribution < -0.4 is 0 Å². The van der Waals surface area contributed by atoms with Gasteiger partial charge in [-0.1, -0.05) is 128 Å². The molecule has 0 fully saturated rings. The van der Waals surface area contributed by atoms with Crippen LogP contribution in [0, 0.1) is 22.3 Å². The van der Waals surface area contributed by atoms with Crippen LogP contribution in [0.2, 0.25) is 0 Å². The monoisotopic (exact) mass is 575 g/mol. The number of hydrogen-bond acceptors (Lipinski definition) is 1. The number of aromatic hydroxyl groups is 1. The van der Waals surface area contributed by atoms with Gasteiger partial charge < -0.3 is 27.4 Å². The van der Waals surface area contributed by atoms with Crippen molar-refractivity contribution in [3.63, 3.8) is 0 Å². The van der Waals surface area contributed by atoms with E-state index in [1.807, 2.05) is 6.07 Å². The molecule has 0 amide bonds. The van der Waals surface area contributed by atoms with E-state index in [-0.39, 0.29) is 54.8 Å². The van der Waals surface area contributed by atoms with Crippen molar-refractivity contribution in [1.82, 2.24) is 0 Å². The summed E-state index contributed by atoms with van der Waals surface area (Å²) < 4.78 is 0. The van der Waals surface area contributed by atoms with Gasteiger partial charge in [0.25, 0.3) is 0 Å². The molecular formula is C38H55OTi. The van der Waals surface area contributed by atoms with E-state index < -0.39 is 0 Å². The predicted molar refractivity (Wildman–Crippen MR) is 175 cm³/mol. The Hall–Kier alpha value is -1.83. The van der Waals surface area contributed by atoms with E-state index in [1.165, 1.54) is 92.0 Å². The van der Waals surface area contributed by atoms with Gasteiger partial charge >= 0.3 is 21.7 Å². The SMILES string of the molecule is CCCCCCC1(CCCCCC)c2ccccc2-c2ccc(-c3cc(C(C)(C)C)ccc3O)cc21.[CH3-].[CH3-].[CH3-].[Ti+3]. The number of phenols is 1. The first-order chi connectivity index (χ1) is 17.3. The molecule has 0 aliphatic heterocycles. The first-order valence-electron chi connectivity index (χ1n) is 14.4. The summed E-state index contributed by atoms with van der Waals surface area (Å²) >= 11 is 0. The molecule has 0 saturated carbocycles. The number of benzene rings is 3. The number of phenolic OH excluding ortho intramolecular Hbond substituents is 1. The maximum atomic E-state index is 10.9. The third-order valence-electron chi connectivity index (χ3n) is 8.36. The smallest absolute Gasteiger partial charge is 0.507 e. The largest absolute Gasteiger partial charge is 3.00 e. The predicted octanol–water partition coefficient (Wildman–Crippen LogP) is 11.9. The Labute approximate surface area is 263 Å². The molecule has 3 aromatic rings. The molecule has 0 saturated heterocycles. The van der Waals surface area contributed by atoms with Crippen molar-refractivity contribution < 1.29 is 26.8 Å². The second-order valence-electron chi connectivity index (χ2n) is 12.0. The number of rotatable bonds is 11. The molecule has 1 aliphatic rings. The summed E-state index contributed by atoms with van der Waals surface area (Å²) in [5.41, 5.74) is 9.27. The molecule has 0 bridgehead atoms. The Morgan fingerprint density at radius 3 is 1.77 bits per heavy atom. The second-order valence-corrected chi connectivity index (χ2v) is 12.0. The molecule has 1 aliphatic carbocycles. The Morgan fingerprint density at radius 2 is 1.20 bits per heavy atom. The van der Waals surface area contributed by atoms with Gasteiger partial charge in [-0.15, -0.1) is 0 Å². The minimum atomic E-state index is 0. The van der Waals surface area contributed by atoms with Gasteiger partial charge in [0.05, 0.1) is 0 Å². The van der Waals surface area contributed by atoms with E-state index in [1.54, 1.807) is 0 Å². The summed E-state index contributed by atoms with van der Waals surface area (Å²) in [5.74, 6) is 0.370. The van der Waals surface area contributed by atoms with Gasteiger partial charge in [-0.3, -0.25) is 0 Å². The molecule has 1 radical (unpaired) electrons. The van der Waals surface area contributed by atoms with Crippen molar-refractivity contribution in [1.29, 1.82) is 0 Å². The van der Waals surface area contributed by atoms with Gasteiger partial charge in [0.2, 0.25) is 0 Å². The first-order valence-corrected chi connectivity index (χ1v) is 14.4. The molecule has 3 aromatic carbocycles. The molecule has 1 nitrogen and oxygen atoms in total. The Balaban J connectivity index is 0.00000380. The molecule has 217 valence electrons. The molecule has 1 N–H and O–H groups in total. The first kappa shape index (κ1) is 38.2. The summed E-state index contributed by atoms with van der Waals surface area (Å²) in [6.07, 6.45) is 12.7. The zero-order chi connectivity index (χ0) is 25.8. The molecule has 2 heteroatoms. The van der Waals surface area contributed by atoms with Gasteiger partial charge in [-0.25, -0.2) is 0 Å². The van der Waals surface area contributed by atoms with Crippen LogP contribution in [0.4, 0.5) is 0 Å². The van der Waals surface area contributed by atoms with E-state index in [0.29, 0.717) is 5.75 Å². The minimum Gasteiger partial charge on any atom is -0.507 e. The third-order valence-corrected chi connectivity index (χ3v) is 8.36. The van der Waals surface area contributed by atoms with Crippen LogP contribution in [-0.4, -0.2) is 5.11 Å². The van der Waals surface area contributed by atoms with Crippen LogP contribution in [-0.2, 0) is 32.5 Å². The molecule has 4 rings (SSSR count). The van der Waals surface area contributed by atoms with Gasteiger partial charge in [-0.05, 0) is 69.8 Å². The number of hydrogen-bond donors (Lipinski definition) is 1. The van der Waals surface area contributed by atoms with Crippen molar-refractivity contribution in [2.45, 2.75) is 110 Å². The van der Waals surface area contributed by atoms with Crippen molar-refractivity contribution in [2.75, 3.05) is 0 Å². The summed E-state index contributed by atoms with van der Waals surface area (Å²) in [6.45, 7) is 11.3. The molecule has 0 unspecified atom stereocenters. The summed E-state index contributed by atoms with van der Waals surface area (Å²) in [5, 5.41) is 10.9. The van der Waals surface area contributed by atoms with Crippen LogP contribution in [0.5, 0.6) is 5.75 Å². The van der Waals surface area contributed by atoms with E-state index in [0.717, 1.165) is 11.1 Å². The fourth-order valence-corrected chi connectivity index (χ4v) is 6.23. The maximum Gasteiger partial charge on any atom is 3.00 e. The van der Waals surface area contributed by atoms with Gasteiger partial charge in [0.15, 0.2) is 0 Å². The van der Waals surface area contributed by atoms with Crippen molar-refractivity contribution in [2.24, 2.45) is 0 Å². The van der Waals surface area contributed by atoms with Gasteiger partial charge in [0.1, 0.15) is 5.75 Å². The van der Waals surface area contributed by atoms with Crippen molar-refractivity contribution >= 4 is 0 Å². The van der Waals surface area contributed by atoms with E-state index >= 15 is 0 Å². The van der Waals surface area contributed by atoms with Gasteiger partial charge in [-0.2, -0.15) is 0 Å². The number of unbranched alkanes of at least 4 members (excludes halogenated alkanes) is 6. The van der Waals surface area contributed by atoms with Crippen LogP contribution in [0.1, 0.15) is 116 Å². The topological polar surface area (TPSA) is 20.2 Å². The molecule has 0 spiro atoms. The van der Waals surface area contributed by atoms with Crippen LogP contribution in [0.25, 0.3) is 22.3 Å². The molecular weight excluding hydrogens is 520 g/mol. The molecule has 40 heavy (non-hydrogen) atoms. The van der Waals surface area contributed by atoms with Crippen LogP contribution >= 0.6 is 0 Å². The van der Waals surface area contributed by atoms with E-state index in [9.17, 15) is 5.11 Å². The van der Waals surface area contributed by atoms with Crippen LogP contribution in [0.15, 0.2) is 60.7 Å². The maximum absolute atomic E-state index is 10.9. The average molecular weight is 576 g/mol. The van der Waals surface area contributed by atoms with Crippen molar-refractivity contribution in [3.8, 4) is 28.0 Å². The average Bonchev–Trinajstić information content (AvgIpc) is 3.13. The minimum absolute atomic E-state index is 0. The summed E-state index contributed by atoms with van der Waals surface area (Å²) in [6, 6.07) is 22.3. The Kier molecular flexibility index (Phi) is 15.8. The van der Waals surface area contributed by atoms with E-state index in [2.05, 4.69) is 89.2 Å². The third kappa shape index (κ3) is 7.92. The quantitative estimate of drug-likeness (QED) is 0.137. The fraction of sp³-hybridized carbons (Fsp3) is 0.447. The second kappa shape index (κ2) is 16.6. The zero-order valence-electron chi connectivity index (χ0n) is 26.8. The molecule has 0 aromatic heterocycles. The number of fused-ring (bicyclic) bond motifs is 3. The molecule has 0 atom stereocenters. The normalized spacial score (nSPS) is 12.6. The van der Waals surface area contributed by atoms with E-state index in [4.69, 9.17) is 0 Å². The zero-order valence-corrected chi connectivity index (χ0v) is 28.4. The Morgan fingerprint density at radius 1 is 0.625 bits per heavy atom. The van der Waals surface area contributed by atoms with Crippen molar-refractivity contribution in [3.05, 3.63) is 99.6 Å². The molecule has 0 heterocycles. The fourth-order valence-electron chi connectivity index (χ4n) is 6.23.